The van der Waals surface area contributed by atoms with Gasteiger partial charge in [0.15, 0.2) is 17.3 Å². The van der Waals surface area contributed by atoms with Gasteiger partial charge in [0.1, 0.15) is 0 Å². The first-order chi connectivity index (χ1) is 19.7. The van der Waals surface area contributed by atoms with Gasteiger partial charge in [0, 0.05) is 30.7 Å². The predicted octanol–water partition coefficient (Wildman–Crippen LogP) is 2.98. The molecule has 42 heavy (non-hydrogen) atoms. The van der Waals surface area contributed by atoms with E-state index in [1.807, 2.05) is 0 Å². The number of ether oxygens (including phenoxy) is 1. The van der Waals surface area contributed by atoms with E-state index in [2.05, 4.69) is 15.4 Å². The molecule has 3 N–H and O–H groups in total. The highest BCUT2D eigenvalue weighted by Crippen LogP contribution is 2.31. The normalized spacial score (nSPS) is 11.4. The summed E-state index contributed by atoms with van der Waals surface area (Å²) in [6.45, 7) is -0.142. The summed E-state index contributed by atoms with van der Waals surface area (Å²) in [7, 11) is -3.41. The maximum Gasteiger partial charge on any atom is 0.435 e. The van der Waals surface area contributed by atoms with E-state index in [9.17, 15) is 27.2 Å². The van der Waals surface area contributed by atoms with Crippen LogP contribution in [0.25, 0.3) is 0 Å². The minimum Gasteiger partial charge on any atom is -0.494 e. The lowest BCUT2D eigenvalue weighted by molar-refractivity contribution is -0.141. The molecule has 3 aromatic heterocycles. The van der Waals surface area contributed by atoms with E-state index < -0.39 is 46.1 Å². The lowest BCUT2D eigenvalue weighted by Crippen LogP contribution is -2.26. The number of pyridine rings is 2. The molecular weight excluding hydrogens is 590 g/mol. The summed E-state index contributed by atoms with van der Waals surface area (Å²) < 4.78 is 94.0. The molecule has 0 bridgehead atoms. The molecule has 1 aromatic carbocycles. The first kappa shape index (κ1) is 31.9. The van der Waals surface area contributed by atoms with E-state index in [1.165, 1.54) is 30.0 Å². The van der Waals surface area contributed by atoms with Gasteiger partial charge >= 0.3 is 16.6 Å². The summed E-state index contributed by atoms with van der Waals surface area (Å²) in [6.07, 6.45) is -0.981. The number of halogens is 4. The van der Waals surface area contributed by atoms with Crippen LogP contribution in [0.5, 0.6) is 5.75 Å². The van der Waals surface area contributed by atoms with E-state index in [1.54, 1.807) is 42.6 Å². The van der Waals surface area contributed by atoms with Crippen molar-refractivity contribution in [1.82, 2.24) is 24.6 Å². The molecule has 0 radical (unpaired) electrons. The van der Waals surface area contributed by atoms with Crippen molar-refractivity contribution in [2.45, 2.75) is 25.8 Å². The topological polar surface area (TPSA) is 166 Å². The van der Waals surface area contributed by atoms with Crippen molar-refractivity contribution in [1.29, 1.82) is 0 Å². The monoisotopic (exact) mass is 613 g/mol. The van der Waals surface area contributed by atoms with Crippen molar-refractivity contribution >= 4 is 16.3 Å². The SMILES string of the molecule is COc1ccnc(CNC(=O)c2cn(Cc3ccc(Cn4ccccc4=O)cc3)nc2C(F)(F)F)c1F.O=S(=O)(O)O. The van der Waals surface area contributed by atoms with Gasteiger partial charge in [-0.2, -0.15) is 26.7 Å². The fourth-order valence-corrected chi connectivity index (χ4v) is 3.61. The first-order valence-electron chi connectivity index (χ1n) is 11.7. The number of methoxy groups -OCH3 is 1. The van der Waals surface area contributed by atoms with Crippen LogP contribution in [-0.2, 0) is 36.2 Å². The molecular formula is C25H23F4N5O7S. The molecule has 1 amide bonds. The lowest BCUT2D eigenvalue weighted by Gasteiger charge is -2.09. The lowest BCUT2D eigenvalue weighted by atomic mass is 10.1. The number of amides is 1. The summed E-state index contributed by atoms with van der Waals surface area (Å²) in [5.41, 5.74) is -0.938. The number of rotatable bonds is 8. The summed E-state index contributed by atoms with van der Waals surface area (Å²) in [5.74, 6) is -2.01. The maximum absolute atomic E-state index is 14.3. The second-order valence-electron chi connectivity index (χ2n) is 8.47. The Morgan fingerprint density at radius 3 is 2.24 bits per heavy atom. The third-order valence-electron chi connectivity index (χ3n) is 5.46. The maximum atomic E-state index is 14.3. The Balaban J connectivity index is 0.000000892. The van der Waals surface area contributed by atoms with Gasteiger partial charge in [-0.3, -0.25) is 28.4 Å². The second kappa shape index (κ2) is 13.4. The molecule has 0 unspecified atom stereocenters. The third-order valence-corrected chi connectivity index (χ3v) is 5.46. The third kappa shape index (κ3) is 9.22. The molecule has 12 nitrogen and oxygen atoms in total. The van der Waals surface area contributed by atoms with Crippen LogP contribution in [0.4, 0.5) is 17.6 Å². The smallest absolute Gasteiger partial charge is 0.435 e. The van der Waals surface area contributed by atoms with Crippen molar-refractivity contribution in [2.75, 3.05) is 7.11 Å². The highest BCUT2D eigenvalue weighted by Gasteiger charge is 2.39. The Bertz CT molecular complexity index is 1700. The van der Waals surface area contributed by atoms with Crippen LogP contribution in [0, 0.1) is 5.82 Å². The van der Waals surface area contributed by atoms with Gasteiger partial charge in [-0.15, -0.1) is 0 Å². The van der Waals surface area contributed by atoms with Crippen molar-refractivity contribution < 1.29 is 44.6 Å². The van der Waals surface area contributed by atoms with E-state index in [4.69, 9.17) is 22.3 Å². The molecule has 3 heterocycles. The molecule has 0 saturated carbocycles. The van der Waals surface area contributed by atoms with Crippen LogP contribution in [0.3, 0.4) is 0 Å². The fourth-order valence-electron chi connectivity index (χ4n) is 3.61. The molecule has 0 atom stereocenters. The van der Waals surface area contributed by atoms with Crippen LogP contribution in [0.2, 0.25) is 0 Å². The minimum absolute atomic E-state index is 0.0337. The molecule has 4 rings (SSSR count). The summed E-state index contributed by atoms with van der Waals surface area (Å²) in [6, 6.07) is 13.0. The van der Waals surface area contributed by atoms with E-state index >= 15 is 0 Å². The Morgan fingerprint density at radius 2 is 1.67 bits per heavy atom. The Kier molecular flexibility index (Phi) is 10.2. The number of nitrogens with one attached hydrogen (secondary N) is 1. The number of hydrogen-bond donors (Lipinski definition) is 3. The zero-order chi connectivity index (χ0) is 31.1. The van der Waals surface area contributed by atoms with E-state index in [0.717, 1.165) is 16.4 Å². The molecule has 0 spiro atoms. The summed E-state index contributed by atoms with van der Waals surface area (Å²) in [4.78, 5) is 28.3. The van der Waals surface area contributed by atoms with Crippen LogP contribution in [0.15, 0.2) is 71.9 Å². The fraction of sp³-hybridized carbons (Fsp3) is 0.200. The van der Waals surface area contributed by atoms with Crippen molar-refractivity contribution in [2.24, 2.45) is 0 Å². The molecule has 224 valence electrons. The summed E-state index contributed by atoms with van der Waals surface area (Å²) >= 11 is 0. The molecule has 0 aliphatic rings. The van der Waals surface area contributed by atoms with Gasteiger partial charge in [0.2, 0.25) is 0 Å². The molecule has 0 saturated heterocycles. The van der Waals surface area contributed by atoms with Gasteiger partial charge in [0.05, 0.1) is 38.0 Å². The number of benzene rings is 1. The largest absolute Gasteiger partial charge is 0.494 e. The van der Waals surface area contributed by atoms with Crippen molar-refractivity contribution in [3.8, 4) is 5.75 Å². The number of aromatic nitrogens is 4. The number of carbonyl (C=O) groups excluding carboxylic acids is 1. The van der Waals surface area contributed by atoms with Gasteiger partial charge in [-0.1, -0.05) is 30.3 Å². The zero-order valence-electron chi connectivity index (χ0n) is 21.6. The Hall–Kier alpha value is -4.61. The highest BCUT2D eigenvalue weighted by molar-refractivity contribution is 7.79. The van der Waals surface area contributed by atoms with Gasteiger partial charge < -0.3 is 14.6 Å². The minimum atomic E-state index is -4.88. The highest BCUT2D eigenvalue weighted by atomic mass is 32.3. The molecule has 17 heteroatoms. The molecule has 0 fully saturated rings. The quantitative estimate of drug-likeness (QED) is 0.200. The van der Waals surface area contributed by atoms with Crippen molar-refractivity contribution in [3.63, 3.8) is 0 Å². The standard InChI is InChI=1S/C25H21F4N5O3.H2O4S/c1-37-20-9-10-30-19(22(20)26)12-31-24(36)18-15-34(32-23(18)25(27,28)29)14-17-7-5-16(6-8-17)13-33-11-3-2-4-21(33)35;1-5(2,3)4/h2-11,15H,12-14H2,1H3,(H,31,36);(H2,1,2,3,4). The zero-order valence-corrected chi connectivity index (χ0v) is 22.4. The van der Waals surface area contributed by atoms with Crippen LogP contribution >= 0.6 is 0 Å². The number of nitrogens with zero attached hydrogens (tertiary/aromatic N) is 4. The molecule has 4 aromatic rings. The van der Waals surface area contributed by atoms with Gasteiger partial charge in [-0.05, 0) is 17.2 Å². The average Bonchev–Trinajstić information content (AvgIpc) is 3.34. The van der Waals surface area contributed by atoms with Crippen LogP contribution in [-0.4, -0.2) is 49.9 Å². The second-order valence-corrected chi connectivity index (χ2v) is 9.37. The van der Waals surface area contributed by atoms with Gasteiger partial charge in [-0.25, -0.2) is 4.39 Å². The number of alkyl halides is 3. The molecule has 0 aliphatic carbocycles. The Labute approximate surface area is 235 Å². The Morgan fingerprint density at radius 1 is 1.05 bits per heavy atom. The van der Waals surface area contributed by atoms with Crippen LogP contribution in [0.1, 0.15) is 32.9 Å². The van der Waals surface area contributed by atoms with E-state index in [-0.39, 0.29) is 23.5 Å². The predicted molar refractivity (Wildman–Crippen MR) is 139 cm³/mol. The van der Waals surface area contributed by atoms with Gasteiger partial charge in [0.25, 0.3) is 11.5 Å². The average molecular weight is 614 g/mol. The van der Waals surface area contributed by atoms with Crippen LogP contribution < -0.4 is 15.6 Å². The molecule has 0 aliphatic heterocycles. The van der Waals surface area contributed by atoms with E-state index in [0.29, 0.717) is 12.1 Å². The van der Waals surface area contributed by atoms with Crippen molar-refractivity contribution in [3.05, 3.63) is 111 Å². The number of hydrogen-bond acceptors (Lipinski definition) is 7. The summed E-state index contributed by atoms with van der Waals surface area (Å²) in [5, 5.41) is 5.83. The number of carbonyl (C=O) groups is 1. The first-order valence-corrected chi connectivity index (χ1v) is 13.1.